The van der Waals surface area contributed by atoms with Gasteiger partial charge in [0.1, 0.15) is 6.04 Å². The van der Waals surface area contributed by atoms with Crippen molar-refractivity contribution < 1.29 is 9.53 Å². The number of likely N-dealkylation sites (tertiary alicyclic amines) is 1. The largest absolute Gasteiger partial charge is 0.468 e. The highest BCUT2D eigenvalue weighted by Crippen LogP contribution is 2.19. The zero-order valence-corrected chi connectivity index (χ0v) is 11.0. The van der Waals surface area contributed by atoms with Gasteiger partial charge in [-0.15, -0.1) is 0 Å². The number of piperidine rings is 1. The summed E-state index contributed by atoms with van der Waals surface area (Å²) in [5.41, 5.74) is 1.36. The van der Waals surface area contributed by atoms with Crippen LogP contribution in [0.15, 0.2) is 16.8 Å². The molecule has 94 valence electrons. The smallest absolute Gasteiger partial charge is 0.323 e. The predicted octanol–water partition coefficient (Wildman–Crippen LogP) is 2.32. The summed E-state index contributed by atoms with van der Waals surface area (Å²) in [6.45, 7) is 1.97. The van der Waals surface area contributed by atoms with E-state index in [2.05, 4.69) is 21.7 Å². The first-order valence-corrected chi connectivity index (χ1v) is 7.08. The number of nitrogens with zero attached hydrogens (tertiary/aromatic N) is 1. The topological polar surface area (TPSA) is 29.5 Å². The third-order valence-electron chi connectivity index (χ3n) is 3.35. The van der Waals surface area contributed by atoms with Gasteiger partial charge in [-0.1, -0.05) is 6.42 Å². The number of ether oxygens (including phenoxy) is 1. The number of thiophene rings is 1. The van der Waals surface area contributed by atoms with Crippen molar-refractivity contribution in [2.45, 2.75) is 31.7 Å². The van der Waals surface area contributed by atoms with Gasteiger partial charge in [-0.25, -0.2) is 0 Å². The third kappa shape index (κ3) is 3.30. The molecule has 1 fully saturated rings. The second kappa shape index (κ2) is 6.17. The van der Waals surface area contributed by atoms with Crippen LogP contribution in [0.3, 0.4) is 0 Å². The molecule has 1 unspecified atom stereocenters. The molecule has 1 saturated heterocycles. The van der Waals surface area contributed by atoms with Crippen LogP contribution < -0.4 is 0 Å². The van der Waals surface area contributed by atoms with E-state index in [-0.39, 0.29) is 12.0 Å². The summed E-state index contributed by atoms with van der Waals surface area (Å²) in [5, 5.41) is 4.28. The molecule has 1 aromatic rings. The maximum absolute atomic E-state index is 11.7. The van der Waals surface area contributed by atoms with E-state index in [0.717, 1.165) is 32.4 Å². The van der Waals surface area contributed by atoms with Crippen LogP contribution in [-0.2, 0) is 16.0 Å². The molecule has 2 rings (SSSR count). The van der Waals surface area contributed by atoms with E-state index in [0.29, 0.717) is 0 Å². The Morgan fingerprint density at radius 1 is 1.59 bits per heavy atom. The Morgan fingerprint density at radius 2 is 2.47 bits per heavy atom. The van der Waals surface area contributed by atoms with Gasteiger partial charge in [-0.05, 0) is 48.2 Å². The van der Waals surface area contributed by atoms with E-state index in [1.165, 1.54) is 19.1 Å². The lowest BCUT2D eigenvalue weighted by molar-refractivity contribution is -0.148. The third-order valence-corrected chi connectivity index (χ3v) is 4.09. The fraction of sp³-hybridized carbons (Fsp3) is 0.615. The van der Waals surface area contributed by atoms with E-state index in [9.17, 15) is 4.79 Å². The van der Waals surface area contributed by atoms with Crippen LogP contribution in [0.4, 0.5) is 0 Å². The van der Waals surface area contributed by atoms with Gasteiger partial charge in [0.15, 0.2) is 0 Å². The molecule has 0 N–H and O–H groups in total. The second-order valence-electron chi connectivity index (χ2n) is 4.45. The van der Waals surface area contributed by atoms with Gasteiger partial charge in [0.05, 0.1) is 7.11 Å². The Hall–Kier alpha value is -0.870. The van der Waals surface area contributed by atoms with Crippen LogP contribution in [-0.4, -0.2) is 37.1 Å². The Kier molecular flexibility index (Phi) is 4.57. The normalized spacial score (nSPS) is 21.4. The predicted molar refractivity (Wildman–Crippen MR) is 69.3 cm³/mol. The van der Waals surface area contributed by atoms with E-state index < -0.39 is 0 Å². The van der Waals surface area contributed by atoms with Crippen molar-refractivity contribution in [1.82, 2.24) is 4.90 Å². The minimum Gasteiger partial charge on any atom is -0.468 e. The van der Waals surface area contributed by atoms with Crippen molar-refractivity contribution in [1.29, 1.82) is 0 Å². The molecule has 2 heterocycles. The maximum atomic E-state index is 11.7. The van der Waals surface area contributed by atoms with E-state index >= 15 is 0 Å². The number of hydrogen-bond acceptors (Lipinski definition) is 4. The molecule has 0 saturated carbocycles. The molecule has 3 nitrogen and oxygen atoms in total. The number of esters is 1. The van der Waals surface area contributed by atoms with Crippen molar-refractivity contribution in [3.05, 3.63) is 22.4 Å². The molecule has 4 heteroatoms. The SMILES string of the molecule is COC(=O)C1CCCCN1CCc1ccsc1. The lowest BCUT2D eigenvalue weighted by Crippen LogP contribution is -2.46. The molecule has 1 aliphatic rings. The summed E-state index contributed by atoms with van der Waals surface area (Å²) < 4.78 is 4.88. The van der Waals surface area contributed by atoms with Gasteiger partial charge >= 0.3 is 5.97 Å². The van der Waals surface area contributed by atoms with Gasteiger partial charge < -0.3 is 4.74 Å². The van der Waals surface area contributed by atoms with Crippen molar-refractivity contribution in [3.63, 3.8) is 0 Å². The van der Waals surface area contributed by atoms with Crippen LogP contribution in [0, 0.1) is 0 Å². The Balaban J connectivity index is 1.90. The monoisotopic (exact) mass is 253 g/mol. The van der Waals surface area contributed by atoms with Gasteiger partial charge in [-0.2, -0.15) is 11.3 Å². The number of hydrogen-bond donors (Lipinski definition) is 0. The van der Waals surface area contributed by atoms with Crippen molar-refractivity contribution in [2.75, 3.05) is 20.2 Å². The van der Waals surface area contributed by atoms with Crippen molar-refractivity contribution in [2.24, 2.45) is 0 Å². The van der Waals surface area contributed by atoms with Gasteiger partial charge in [0.25, 0.3) is 0 Å². The highest BCUT2D eigenvalue weighted by atomic mass is 32.1. The lowest BCUT2D eigenvalue weighted by atomic mass is 10.0. The maximum Gasteiger partial charge on any atom is 0.323 e. The standard InChI is InChI=1S/C13H19NO2S/c1-16-13(15)12-4-2-3-7-14(12)8-5-11-6-9-17-10-11/h6,9-10,12H,2-5,7-8H2,1H3. The fourth-order valence-corrected chi connectivity index (χ4v) is 3.07. The average Bonchev–Trinajstić information content (AvgIpc) is 2.89. The van der Waals surface area contributed by atoms with E-state index in [4.69, 9.17) is 4.74 Å². The molecule has 1 aromatic heterocycles. The molecule has 0 aromatic carbocycles. The number of rotatable bonds is 4. The van der Waals surface area contributed by atoms with Crippen LogP contribution in [0.1, 0.15) is 24.8 Å². The molecule has 0 bridgehead atoms. The lowest BCUT2D eigenvalue weighted by Gasteiger charge is -2.33. The Bertz CT molecular complexity index is 350. The molecule has 0 amide bonds. The summed E-state index contributed by atoms with van der Waals surface area (Å²) in [7, 11) is 1.48. The van der Waals surface area contributed by atoms with Gasteiger partial charge in [-0.3, -0.25) is 9.69 Å². The average molecular weight is 253 g/mol. The fourth-order valence-electron chi connectivity index (χ4n) is 2.37. The van der Waals surface area contributed by atoms with Gasteiger partial charge in [0.2, 0.25) is 0 Å². The van der Waals surface area contributed by atoms with Crippen LogP contribution in [0.5, 0.6) is 0 Å². The van der Waals surface area contributed by atoms with Crippen LogP contribution in [0.25, 0.3) is 0 Å². The Labute approximate surface area is 106 Å². The number of carbonyl (C=O) groups is 1. The summed E-state index contributed by atoms with van der Waals surface area (Å²) in [6, 6.07) is 2.13. The van der Waals surface area contributed by atoms with Crippen molar-refractivity contribution in [3.8, 4) is 0 Å². The number of carbonyl (C=O) groups excluding carboxylic acids is 1. The van der Waals surface area contributed by atoms with Crippen LogP contribution in [0.2, 0.25) is 0 Å². The van der Waals surface area contributed by atoms with Crippen molar-refractivity contribution >= 4 is 17.3 Å². The van der Waals surface area contributed by atoms with E-state index in [1.54, 1.807) is 11.3 Å². The highest BCUT2D eigenvalue weighted by Gasteiger charge is 2.28. The number of methoxy groups -OCH3 is 1. The molecule has 0 aliphatic carbocycles. The molecular weight excluding hydrogens is 234 g/mol. The summed E-state index contributed by atoms with van der Waals surface area (Å²) in [5.74, 6) is -0.0741. The minimum absolute atomic E-state index is 0.0209. The molecule has 1 aliphatic heterocycles. The summed E-state index contributed by atoms with van der Waals surface area (Å²) in [4.78, 5) is 13.9. The second-order valence-corrected chi connectivity index (χ2v) is 5.23. The summed E-state index contributed by atoms with van der Waals surface area (Å²) >= 11 is 1.73. The Morgan fingerprint density at radius 3 is 3.18 bits per heavy atom. The molecule has 0 radical (unpaired) electrons. The first-order chi connectivity index (χ1) is 8.31. The molecular formula is C13H19NO2S. The quantitative estimate of drug-likeness (QED) is 0.771. The van der Waals surface area contributed by atoms with Gasteiger partial charge in [0, 0.05) is 6.54 Å². The molecule has 17 heavy (non-hydrogen) atoms. The zero-order valence-electron chi connectivity index (χ0n) is 10.2. The van der Waals surface area contributed by atoms with Crippen LogP contribution >= 0.6 is 11.3 Å². The molecule has 1 atom stereocenters. The van der Waals surface area contributed by atoms with E-state index in [1.807, 2.05) is 0 Å². The minimum atomic E-state index is -0.0741. The summed E-state index contributed by atoms with van der Waals surface area (Å²) in [6.07, 6.45) is 4.29. The molecule has 0 spiro atoms. The first kappa shape index (κ1) is 12.6. The first-order valence-electron chi connectivity index (χ1n) is 6.14. The zero-order chi connectivity index (χ0) is 12.1. The highest BCUT2D eigenvalue weighted by molar-refractivity contribution is 7.07.